The lowest BCUT2D eigenvalue weighted by atomic mass is 9.85. The molecule has 13 heteroatoms. The van der Waals surface area contributed by atoms with E-state index in [4.69, 9.17) is 11.6 Å². The van der Waals surface area contributed by atoms with E-state index in [-0.39, 0.29) is 23.3 Å². The zero-order valence-corrected chi connectivity index (χ0v) is 23.3. The van der Waals surface area contributed by atoms with Gasteiger partial charge in [-0.05, 0) is 61.9 Å². The number of nitrogens with one attached hydrogen (secondary N) is 2. The molecule has 0 bridgehead atoms. The number of carbonyl (C=O) groups is 2. The van der Waals surface area contributed by atoms with Gasteiger partial charge in [-0.2, -0.15) is 13.2 Å². The first-order valence-corrected chi connectivity index (χ1v) is 14.3. The Labute approximate surface area is 238 Å². The lowest BCUT2D eigenvalue weighted by molar-refractivity contribution is -0.153. The van der Waals surface area contributed by atoms with Gasteiger partial charge in [0.15, 0.2) is 0 Å². The van der Waals surface area contributed by atoms with Crippen LogP contribution in [0, 0.1) is 6.92 Å². The molecule has 0 aliphatic carbocycles. The van der Waals surface area contributed by atoms with Gasteiger partial charge in [0.1, 0.15) is 21.4 Å². The molecule has 1 unspecified atom stereocenters. The molecular formula is C27H28ClF3N6O2S. The second kappa shape index (κ2) is 11.3. The molecule has 3 fully saturated rings. The summed E-state index contributed by atoms with van der Waals surface area (Å²) in [5.74, 6) is 0.210. The monoisotopic (exact) mass is 592 g/mol. The van der Waals surface area contributed by atoms with Crippen LogP contribution in [0.2, 0.25) is 5.15 Å². The summed E-state index contributed by atoms with van der Waals surface area (Å²) in [5, 5.41) is 6.82. The number of hydrogen-bond donors (Lipinski definition) is 2. The number of hydrogen-bond acceptors (Lipinski definition) is 7. The fourth-order valence-electron chi connectivity index (χ4n) is 5.25. The van der Waals surface area contributed by atoms with Crippen LogP contribution in [0.5, 0.6) is 0 Å². The minimum absolute atomic E-state index is 0.138. The number of benzene rings is 1. The molecule has 1 aromatic carbocycles. The maximum atomic E-state index is 13.0. The van der Waals surface area contributed by atoms with Crippen LogP contribution >= 0.6 is 22.9 Å². The van der Waals surface area contributed by atoms with Crippen molar-refractivity contribution in [3.8, 4) is 10.4 Å². The Balaban J connectivity index is 0.000000348. The molecule has 6 rings (SSSR count). The van der Waals surface area contributed by atoms with Crippen LogP contribution < -0.4 is 10.6 Å². The van der Waals surface area contributed by atoms with Gasteiger partial charge >= 0.3 is 6.18 Å². The van der Waals surface area contributed by atoms with Gasteiger partial charge < -0.3 is 15.5 Å². The van der Waals surface area contributed by atoms with Crippen LogP contribution in [0.4, 0.5) is 24.8 Å². The highest BCUT2D eigenvalue weighted by Gasteiger charge is 2.56. The molecule has 3 aromatic rings. The van der Waals surface area contributed by atoms with E-state index in [0.717, 1.165) is 78.5 Å². The Morgan fingerprint density at radius 2 is 1.95 bits per heavy atom. The van der Waals surface area contributed by atoms with E-state index >= 15 is 0 Å². The minimum Gasteiger partial charge on any atom is -0.356 e. The Kier molecular flexibility index (Phi) is 8.01. The number of β-lactam (4-membered cyclic amide) rings is 1. The number of carbonyl (C=O) groups excluding carboxylic acids is 2. The molecule has 3 saturated heterocycles. The maximum Gasteiger partial charge on any atom is 0.433 e. The molecule has 0 saturated carbocycles. The van der Waals surface area contributed by atoms with E-state index in [0.29, 0.717) is 17.3 Å². The summed E-state index contributed by atoms with van der Waals surface area (Å²) in [6.07, 6.45) is 2.94. The molecule has 8 nitrogen and oxygen atoms in total. The van der Waals surface area contributed by atoms with E-state index in [9.17, 15) is 22.8 Å². The summed E-state index contributed by atoms with van der Waals surface area (Å²) < 4.78 is 38.9. The van der Waals surface area contributed by atoms with Gasteiger partial charge in [-0.3, -0.25) is 9.59 Å². The largest absolute Gasteiger partial charge is 0.433 e. The molecule has 0 radical (unpaired) electrons. The number of aromatic nitrogens is 3. The van der Waals surface area contributed by atoms with Crippen LogP contribution in [0.15, 0.2) is 30.5 Å². The van der Waals surface area contributed by atoms with E-state index in [2.05, 4.69) is 25.6 Å². The quantitative estimate of drug-likeness (QED) is 0.349. The highest BCUT2D eigenvalue weighted by atomic mass is 35.5. The number of fused-ring (bicyclic) bond motifs is 1. The zero-order chi connectivity index (χ0) is 28.5. The topological polar surface area (TPSA) is 100 Å². The molecule has 212 valence electrons. The lowest BCUT2D eigenvalue weighted by Crippen LogP contribution is -2.57. The number of halogens is 4. The molecule has 3 aliphatic heterocycles. The van der Waals surface area contributed by atoms with Crippen molar-refractivity contribution in [3.05, 3.63) is 51.9 Å². The predicted octanol–water partition coefficient (Wildman–Crippen LogP) is 6.22. The third kappa shape index (κ3) is 5.92. The molecule has 5 heterocycles. The van der Waals surface area contributed by atoms with E-state index < -0.39 is 11.9 Å². The van der Waals surface area contributed by atoms with E-state index in [1.54, 1.807) is 12.1 Å². The fraction of sp³-hybridized carbons (Fsp3) is 0.444. The third-order valence-corrected chi connectivity index (χ3v) is 8.85. The first-order valence-electron chi connectivity index (χ1n) is 13.1. The van der Waals surface area contributed by atoms with Crippen LogP contribution in [-0.2, 0) is 21.3 Å². The summed E-state index contributed by atoms with van der Waals surface area (Å²) in [6.45, 7) is 3.50. The van der Waals surface area contributed by atoms with Gasteiger partial charge in [0.25, 0.3) is 0 Å². The second-order valence-corrected chi connectivity index (χ2v) is 11.5. The van der Waals surface area contributed by atoms with Crippen molar-refractivity contribution >= 4 is 46.4 Å². The number of anilines is 2. The molecule has 40 heavy (non-hydrogen) atoms. The first kappa shape index (κ1) is 28.3. The van der Waals surface area contributed by atoms with Gasteiger partial charge in [-0.1, -0.05) is 24.1 Å². The van der Waals surface area contributed by atoms with Gasteiger partial charge in [0.2, 0.25) is 17.8 Å². The van der Waals surface area contributed by atoms with Crippen LogP contribution in [0.3, 0.4) is 0 Å². The zero-order valence-electron chi connectivity index (χ0n) is 21.8. The highest BCUT2D eigenvalue weighted by molar-refractivity contribution is 7.16. The number of alkyl halides is 3. The third-order valence-electron chi connectivity index (χ3n) is 7.16. The van der Waals surface area contributed by atoms with Gasteiger partial charge in [-0.15, -0.1) is 11.3 Å². The Morgan fingerprint density at radius 1 is 1.12 bits per heavy atom. The number of aryl methyl sites for hydroxylation is 1. The van der Waals surface area contributed by atoms with Gasteiger partial charge in [-0.25, -0.2) is 15.0 Å². The molecule has 1 atom stereocenters. The van der Waals surface area contributed by atoms with Crippen molar-refractivity contribution in [2.75, 3.05) is 18.4 Å². The van der Waals surface area contributed by atoms with E-state index in [1.165, 1.54) is 17.8 Å². The summed E-state index contributed by atoms with van der Waals surface area (Å²) in [6, 6.07) is 6.31. The standard InChI is InChI=1S/C21H17ClF3N5OS.C6H11NO/c1-11-7-12(9-13(8-11)27-19-26-5-3-14(28-19)21(23,24)25)16-17(22)29-18(32-16)20-4-2-6-30(20)15(31)10-20;8-6-4-2-1-3-5-7-6/h3,5,7-9H,2,4,6,10H2,1H3,(H,26,27,28);1-5H2,(H,7,8). The number of thiazole rings is 1. The van der Waals surface area contributed by atoms with E-state index in [1.807, 2.05) is 17.9 Å². The predicted molar refractivity (Wildman–Crippen MR) is 146 cm³/mol. The lowest BCUT2D eigenvalue weighted by Gasteiger charge is -2.45. The maximum absolute atomic E-state index is 13.0. The summed E-state index contributed by atoms with van der Waals surface area (Å²) in [5.41, 5.74) is 0.820. The Hall–Kier alpha value is -3.25. The fourth-order valence-corrected chi connectivity index (χ4v) is 6.78. The number of rotatable bonds is 4. The van der Waals surface area contributed by atoms with Crippen molar-refractivity contribution < 1.29 is 22.8 Å². The summed E-state index contributed by atoms with van der Waals surface area (Å²) >= 11 is 7.94. The number of nitrogens with zero attached hydrogens (tertiary/aromatic N) is 4. The van der Waals surface area contributed by atoms with Crippen LogP contribution in [0.1, 0.15) is 61.2 Å². The van der Waals surface area contributed by atoms with Crippen molar-refractivity contribution in [3.63, 3.8) is 0 Å². The molecular weight excluding hydrogens is 565 g/mol. The van der Waals surface area contributed by atoms with Crippen molar-refractivity contribution in [2.24, 2.45) is 0 Å². The molecule has 3 aliphatic rings. The van der Waals surface area contributed by atoms with Crippen LogP contribution in [0.25, 0.3) is 10.4 Å². The number of amides is 2. The van der Waals surface area contributed by atoms with Gasteiger partial charge in [0, 0.05) is 31.4 Å². The Morgan fingerprint density at radius 3 is 2.73 bits per heavy atom. The summed E-state index contributed by atoms with van der Waals surface area (Å²) in [7, 11) is 0. The van der Waals surface area contributed by atoms with Crippen molar-refractivity contribution in [1.82, 2.24) is 25.2 Å². The van der Waals surface area contributed by atoms with Crippen molar-refractivity contribution in [2.45, 2.75) is 63.6 Å². The molecule has 0 spiro atoms. The van der Waals surface area contributed by atoms with Crippen LogP contribution in [-0.4, -0.2) is 44.8 Å². The average Bonchev–Trinajstić information content (AvgIpc) is 3.35. The average molecular weight is 593 g/mol. The highest BCUT2D eigenvalue weighted by Crippen LogP contribution is 2.52. The SMILES string of the molecule is Cc1cc(Nc2nccc(C(F)(F)F)n2)cc(-c2sc(C34CCCN3C(=O)C4)nc2Cl)c1.O=C1CCCCCN1. The van der Waals surface area contributed by atoms with Crippen molar-refractivity contribution in [1.29, 1.82) is 0 Å². The molecule has 2 aromatic heterocycles. The first-order chi connectivity index (χ1) is 19.0. The normalized spacial score (nSPS) is 20.6. The second-order valence-electron chi connectivity index (χ2n) is 10.1. The Bertz CT molecular complexity index is 1420. The van der Waals surface area contributed by atoms with Gasteiger partial charge in [0.05, 0.1) is 11.3 Å². The minimum atomic E-state index is -4.56. The molecule has 2 N–H and O–H groups in total. The molecule has 2 amide bonds. The smallest absolute Gasteiger partial charge is 0.356 e. The summed E-state index contributed by atoms with van der Waals surface area (Å²) in [4.78, 5) is 37.2.